The number of aromatic nitrogens is 3. The van der Waals surface area contributed by atoms with Crippen LogP contribution in [0.3, 0.4) is 0 Å². The predicted molar refractivity (Wildman–Crippen MR) is 104 cm³/mol. The summed E-state index contributed by atoms with van der Waals surface area (Å²) in [4.78, 5) is 16.8. The molecule has 26 heavy (non-hydrogen) atoms. The van der Waals surface area contributed by atoms with Gasteiger partial charge in [-0.3, -0.25) is 14.5 Å². The Kier molecular flexibility index (Phi) is 5.85. The molecule has 0 aliphatic carbocycles. The fourth-order valence-electron chi connectivity index (χ4n) is 3.30. The van der Waals surface area contributed by atoms with Crippen molar-refractivity contribution in [2.45, 2.75) is 25.4 Å². The molecule has 2 N–H and O–H groups in total. The highest BCUT2D eigenvalue weighted by Gasteiger charge is 2.17. The monoisotopic (exact) mass is 371 g/mol. The maximum atomic E-state index is 12.4. The number of carbonyl (C=O) groups is 1. The Labute approximate surface area is 158 Å². The first-order chi connectivity index (χ1) is 12.3. The molecule has 0 radical (unpaired) electrons. The van der Waals surface area contributed by atoms with Crippen molar-refractivity contribution < 1.29 is 4.79 Å². The summed E-state index contributed by atoms with van der Waals surface area (Å²) in [6.07, 6.45) is 5.90. The Bertz CT molecular complexity index is 883. The largest absolute Gasteiger partial charge is 0.346 e. The van der Waals surface area contributed by atoms with Crippen molar-refractivity contribution in [3.05, 3.63) is 60.0 Å². The fraction of sp³-hybridized carbons (Fsp3) is 0.316. The van der Waals surface area contributed by atoms with Crippen LogP contribution in [0.5, 0.6) is 0 Å². The zero-order valence-corrected chi connectivity index (χ0v) is 15.2. The van der Waals surface area contributed by atoms with Gasteiger partial charge < -0.3 is 10.6 Å². The Morgan fingerprint density at radius 1 is 1.27 bits per heavy atom. The standard InChI is InChI=1S/C19H21N5O.ClH/c25-19(17-8-11-24(23-17)16-7-3-9-20-13-16)22-12-15-5-1-4-14-6-2-10-21-18(14)15;/h1-2,4-6,8,10-11,16,20H,3,7,9,12-13H2,(H,22,25);1H. The van der Waals surface area contributed by atoms with E-state index in [2.05, 4.69) is 20.7 Å². The lowest BCUT2D eigenvalue weighted by Gasteiger charge is -2.22. The lowest BCUT2D eigenvalue weighted by Crippen LogP contribution is -2.32. The first kappa shape index (κ1) is 18.4. The number of halogens is 1. The first-order valence-corrected chi connectivity index (χ1v) is 8.68. The third kappa shape index (κ3) is 3.86. The summed E-state index contributed by atoms with van der Waals surface area (Å²) < 4.78 is 1.90. The van der Waals surface area contributed by atoms with Gasteiger partial charge in [0.05, 0.1) is 11.6 Å². The number of nitrogens with one attached hydrogen (secondary N) is 2. The van der Waals surface area contributed by atoms with Crippen molar-refractivity contribution in [3.8, 4) is 0 Å². The fourth-order valence-corrected chi connectivity index (χ4v) is 3.30. The lowest BCUT2D eigenvalue weighted by atomic mass is 10.1. The molecule has 6 nitrogen and oxygen atoms in total. The Hall–Kier alpha value is -2.44. The molecule has 1 saturated heterocycles. The summed E-state index contributed by atoms with van der Waals surface area (Å²) >= 11 is 0. The Morgan fingerprint density at radius 3 is 3.00 bits per heavy atom. The van der Waals surface area contributed by atoms with Crippen LogP contribution in [-0.2, 0) is 6.54 Å². The number of nitrogens with zero attached hydrogens (tertiary/aromatic N) is 3. The number of hydrogen-bond donors (Lipinski definition) is 2. The number of carbonyl (C=O) groups excluding carboxylic acids is 1. The summed E-state index contributed by atoms with van der Waals surface area (Å²) in [6.45, 7) is 2.40. The minimum absolute atomic E-state index is 0. The van der Waals surface area contributed by atoms with Gasteiger partial charge in [0.15, 0.2) is 0 Å². The van der Waals surface area contributed by atoms with Crippen molar-refractivity contribution >= 4 is 29.2 Å². The smallest absolute Gasteiger partial charge is 0.272 e. The molecule has 4 rings (SSSR count). The van der Waals surface area contributed by atoms with Crippen molar-refractivity contribution in [2.24, 2.45) is 0 Å². The number of rotatable bonds is 4. The van der Waals surface area contributed by atoms with E-state index < -0.39 is 0 Å². The molecule has 1 fully saturated rings. The second kappa shape index (κ2) is 8.29. The molecule has 1 atom stereocenters. The Balaban J connectivity index is 0.00000196. The zero-order chi connectivity index (χ0) is 17.1. The second-order valence-corrected chi connectivity index (χ2v) is 6.36. The number of amides is 1. The van der Waals surface area contributed by atoms with Crippen molar-refractivity contribution in [3.63, 3.8) is 0 Å². The molecule has 1 aliphatic rings. The van der Waals surface area contributed by atoms with Gasteiger partial charge in [-0.2, -0.15) is 5.10 Å². The van der Waals surface area contributed by atoms with Crippen LogP contribution < -0.4 is 10.6 Å². The van der Waals surface area contributed by atoms with E-state index in [1.165, 1.54) is 0 Å². The zero-order valence-electron chi connectivity index (χ0n) is 14.4. The van der Waals surface area contributed by atoms with Gasteiger partial charge in [-0.1, -0.05) is 24.3 Å². The van der Waals surface area contributed by atoms with Crippen LogP contribution in [0.1, 0.15) is 34.9 Å². The average Bonchev–Trinajstić information content (AvgIpc) is 3.17. The van der Waals surface area contributed by atoms with Crippen LogP contribution in [0, 0.1) is 0 Å². The summed E-state index contributed by atoms with van der Waals surface area (Å²) in [5, 5.41) is 11.9. The summed E-state index contributed by atoms with van der Waals surface area (Å²) in [5.41, 5.74) is 2.38. The molecule has 3 aromatic rings. The molecule has 1 amide bonds. The van der Waals surface area contributed by atoms with Crippen molar-refractivity contribution in [1.29, 1.82) is 0 Å². The van der Waals surface area contributed by atoms with Crippen molar-refractivity contribution in [2.75, 3.05) is 13.1 Å². The minimum Gasteiger partial charge on any atom is -0.346 e. The lowest BCUT2D eigenvalue weighted by molar-refractivity contribution is 0.0944. The van der Waals surface area contributed by atoms with Crippen LogP contribution in [-0.4, -0.2) is 33.8 Å². The molecule has 0 saturated carbocycles. The predicted octanol–water partition coefficient (Wildman–Crippen LogP) is 2.71. The van der Waals surface area contributed by atoms with Crippen LogP contribution in [0.15, 0.2) is 48.8 Å². The number of benzene rings is 1. The van der Waals surface area contributed by atoms with Gasteiger partial charge >= 0.3 is 0 Å². The molecule has 0 spiro atoms. The summed E-state index contributed by atoms with van der Waals surface area (Å²) in [5.74, 6) is -0.157. The van der Waals surface area contributed by atoms with E-state index in [9.17, 15) is 4.79 Å². The van der Waals surface area contributed by atoms with Gasteiger partial charge in [0.1, 0.15) is 5.69 Å². The van der Waals surface area contributed by atoms with E-state index in [1.54, 1.807) is 12.3 Å². The van der Waals surface area contributed by atoms with Crippen LogP contribution in [0.2, 0.25) is 0 Å². The molecule has 0 bridgehead atoms. The maximum Gasteiger partial charge on any atom is 0.272 e. The van der Waals surface area contributed by atoms with Crippen LogP contribution in [0.4, 0.5) is 0 Å². The van der Waals surface area contributed by atoms with Gasteiger partial charge in [0.25, 0.3) is 5.91 Å². The molecule has 1 unspecified atom stereocenters. The highest BCUT2D eigenvalue weighted by atomic mass is 35.5. The summed E-state index contributed by atoms with van der Waals surface area (Å²) in [7, 11) is 0. The van der Waals surface area contributed by atoms with Gasteiger partial charge in [-0.25, -0.2) is 0 Å². The molecule has 2 aromatic heterocycles. The van der Waals surface area contributed by atoms with E-state index in [0.29, 0.717) is 18.3 Å². The Morgan fingerprint density at radius 2 is 2.15 bits per heavy atom. The van der Waals surface area contributed by atoms with E-state index in [4.69, 9.17) is 0 Å². The van der Waals surface area contributed by atoms with E-state index in [-0.39, 0.29) is 18.3 Å². The topological polar surface area (TPSA) is 71.8 Å². The highest BCUT2D eigenvalue weighted by Crippen LogP contribution is 2.17. The van der Waals surface area contributed by atoms with Crippen molar-refractivity contribution in [1.82, 2.24) is 25.4 Å². The normalized spacial score (nSPS) is 16.8. The number of hydrogen-bond acceptors (Lipinski definition) is 4. The third-order valence-electron chi connectivity index (χ3n) is 4.64. The van der Waals surface area contributed by atoms with E-state index in [0.717, 1.165) is 42.4 Å². The van der Waals surface area contributed by atoms with E-state index >= 15 is 0 Å². The quantitative estimate of drug-likeness (QED) is 0.739. The molecular formula is C19H22ClN5O. The molecule has 3 heterocycles. The second-order valence-electron chi connectivity index (χ2n) is 6.36. The SMILES string of the molecule is Cl.O=C(NCc1cccc2cccnc12)c1ccn(C2CCCNC2)n1. The number of para-hydroxylation sites is 1. The molecule has 136 valence electrons. The average molecular weight is 372 g/mol. The number of pyridine rings is 1. The van der Waals surface area contributed by atoms with E-state index in [1.807, 2.05) is 41.2 Å². The molecule has 1 aromatic carbocycles. The van der Waals surface area contributed by atoms with Gasteiger partial charge in [-0.15, -0.1) is 12.4 Å². The molecular weight excluding hydrogens is 350 g/mol. The number of piperidine rings is 1. The van der Waals surface area contributed by atoms with Gasteiger partial charge in [0.2, 0.25) is 0 Å². The first-order valence-electron chi connectivity index (χ1n) is 8.68. The minimum atomic E-state index is -0.157. The van der Waals surface area contributed by atoms with Crippen LogP contribution >= 0.6 is 12.4 Å². The van der Waals surface area contributed by atoms with Crippen LogP contribution in [0.25, 0.3) is 10.9 Å². The number of fused-ring (bicyclic) bond motifs is 1. The third-order valence-corrected chi connectivity index (χ3v) is 4.64. The summed E-state index contributed by atoms with van der Waals surface area (Å²) in [6, 6.07) is 12.0. The molecule has 7 heteroatoms. The molecule has 1 aliphatic heterocycles. The van der Waals surface area contributed by atoms with Gasteiger partial charge in [0, 0.05) is 30.9 Å². The highest BCUT2D eigenvalue weighted by molar-refractivity contribution is 5.92. The van der Waals surface area contributed by atoms with Gasteiger partial charge in [-0.05, 0) is 37.1 Å². The maximum absolute atomic E-state index is 12.4.